The van der Waals surface area contributed by atoms with Crippen LogP contribution in [-0.4, -0.2) is 31.1 Å². The van der Waals surface area contributed by atoms with Crippen molar-refractivity contribution in [1.29, 1.82) is 0 Å². The maximum atomic E-state index is 13.0. The summed E-state index contributed by atoms with van der Waals surface area (Å²) in [5.41, 5.74) is 2.81. The van der Waals surface area contributed by atoms with Crippen molar-refractivity contribution in [2.24, 2.45) is 5.92 Å². The molecule has 0 bridgehead atoms. The van der Waals surface area contributed by atoms with E-state index >= 15 is 0 Å². The third-order valence-corrected chi connectivity index (χ3v) is 6.45. The van der Waals surface area contributed by atoms with Gasteiger partial charge in [-0.3, -0.25) is 0 Å². The lowest BCUT2D eigenvalue weighted by Crippen LogP contribution is -2.35. The molecule has 3 aromatic carbocycles. The second kappa shape index (κ2) is 11.1. The van der Waals surface area contributed by atoms with E-state index in [1.54, 1.807) is 12.1 Å². The van der Waals surface area contributed by atoms with Crippen molar-refractivity contribution in [2.45, 2.75) is 31.6 Å². The third-order valence-electron chi connectivity index (χ3n) is 6.45. The highest BCUT2D eigenvalue weighted by atomic mass is 19.1. The van der Waals surface area contributed by atoms with Gasteiger partial charge in [-0.05, 0) is 86.6 Å². The number of benzene rings is 3. The normalized spacial score (nSPS) is 15.3. The lowest BCUT2D eigenvalue weighted by atomic mass is 9.88. The quantitative estimate of drug-likeness (QED) is 0.392. The molecule has 0 N–H and O–H groups in total. The fraction of sp³-hybridized carbons (Fsp3) is 0.357. The van der Waals surface area contributed by atoms with E-state index < -0.39 is 0 Å². The molecule has 1 saturated heterocycles. The minimum atomic E-state index is -0.221. The van der Waals surface area contributed by atoms with Crippen molar-refractivity contribution in [3.8, 4) is 5.75 Å². The van der Waals surface area contributed by atoms with Gasteiger partial charge in [0.25, 0.3) is 0 Å². The maximum absolute atomic E-state index is 13.0. The zero-order valence-corrected chi connectivity index (χ0v) is 18.1. The number of hydrogen-bond acceptors (Lipinski definition) is 2. The summed E-state index contributed by atoms with van der Waals surface area (Å²) in [5, 5.41) is 0. The number of piperidine rings is 1. The molecule has 3 aromatic rings. The fourth-order valence-corrected chi connectivity index (χ4v) is 4.58. The first kappa shape index (κ1) is 21.6. The summed E-state index contributed by atoms with van der Waals surface area (Å²) in [6, 6.07) is 28.1. The summed E-state index contributed by atoms with van der Waals surface area (Å²) in [5.74, 6) is 1.70. The molecule has 1 aliphatic heterocycles. The van der Waals surface area contributed by atoms with Crippen LogP contribution in [0, 0.1) is 11.7 Å². The molecule has 2 nitrogen and oxygen atoms in total. The molecule has 31 heavy (non-hydrogen) atoms. The summed E-state index contributed by atoms with van der Waals surface area (Å²) in [6.45, 7) is 4.17. The SMILES string of the molecule is Fc1ccc(OCCC2CCN(CCC(c3ccccc3)c3ccccc3)CC2)cc1. The maximum Gasteiger partial charge on any atom is 0.123 e. The first-order valence-corrected chi connectivity index (χ1v) is 11.5. The second-order valence-corrected chi connectivity index (χ2v) is 8.54. The molecule has 1 aliphatic rings. The van der Waals surface area contributed by atoms with Gasteiger partial charge >= 0.3 is 0 Å². The summed E-state index contributed by atoms with van der Waals surface area (Å²) in [6.07, 6.45) is 4.68. The zero-order chi connectivity index (χ0) is 21.3. The molecule has 0 atom stereocenters. The Labute approximate surface area is 185 Å². The van der Waals surface area contributed by atoms with Crippen LogP contribution in [0.15, 0.2) is 84.9 Å². The number of hydrogen-bond donors (Lipinski definition) is 0. The Morgan fingerprint density at radius 1 is 0.806 bits per heavy atom. The topological polar surface area (TPSA) is 12.5 Å². The highest BCUT2D eigenvalue weighted by Crippen LogP contribution is 2.29. The van der Waals surface area contributed by atoms with Gasteiger partial charge in [0.2, 0.25) is 0 Å². The van der Waals surface area contributed by atoms with Gasteiger partial charge in [0.15, 0.2) is 0 Å². The van der Waals surface area contributed by atoms with Crippen molar-refractivity contribution in [3.63, 3.8) is 0 Å². The molecule has 1 heterocycles. The molecule has 1 fully saturated rings. The Bertz CT molecular complexity index is 850. The Morgan fingerprint density at radius 3 is 1.97 bits per heavy atom. The summed E-state index contributed by atoms with van der Waals surface area (Å²) in [4.78, 5) is 2.62. The minimum absolute atomic E-state index is 0.221. The molecule has 0 spiro atoms. The molecule has 0 aliphatic carbocycles. The number of likely N-dealkylation sites (tertiary alicyclic amines) is 1. The van der Waals surface area contributed by atoms with E-state index in [1.165, 1.54) is 36.1 Å². The first-order chi connectivity index (χ1) is 15.3. The first-order valence-electron chi connectivity index (χ1n) is 11.5. The van der Waals surface area contributed by atoms with Crippen molar-refractivity contribution >= 4 is 0 Å². The molecule has 0 amide bonds. The number of ether oxygens (including phenoxy) is 1. The van der Waals surface area contributed by atoms with Crippen LogP contribution in [0.1, 0.15) is 42.7 Å². The second-order valence-electron chi connectivity index (χ2n) is 8.54. The molecule has 3 heteroatoms. The van der Waals surface area contributed by atoms with Gasteiger partial charge in [0.05, 0.1) is 6.61 Å². The van der Waals surface area contributed by atoms with E-state index in [-0.39, 0.29) is 5.82 Å². The molecule has 0 radical (unpaired) electrons. The van der Waals surface area contributed by atoms with Gasteiger partial charge in [0, 0.05) is 5.92 Å². The molecular weight excluding hydrogens is 385 g/mol. The van der Waals surface area contributed by atoms with Crippen LogP contribution in [0.3, 0.4) is 0 Å². The van der Waals surface area contributed by atoms with Gasteiger partial charge in [-0.1, -0.05) is 60.7 Å². The number of halogens is 1. The molecule has 4 rings (SSSR count). The molecule has 0 aromatic heterocycles. The van der Waals surface area contributed by atoms with Crippen LogP contribution in [0.4, 0.5) is 4.39 Å². The Hall–Kier alpha value is -2.65. The van der Waals surface area contributed by atoms with Crippen LogP contribution in [0.2, 0.25) is 0 Å². The van der Waals surface area contributed by atoms with E-state index in [0.29, 0.717) is 12.5 Å². The predicted octanol–water partition coefficient (Wildman–Crippen LogP) is 6.53. The highest BCUT2D eigenvalue weighted by molar-refractivity contribution is 5.32. The Balaban J connectivity index is 1.23. The van der Waals surface area contributed by atoms with Crippen molar-refractivity contribution in [1.82, 2.24) is 4.90 Å². The van der Waals surface area contributed by atoms with E-state index in [0.717, 1.165) is 44.1 Å². The number of rotatable bonds is 9. The van der Waals surface area contributed by atoms with Crippen molar-refractivity contribution in [2.75, 3.05) is 26.2 Å². The van der Waals surface area contributed by atoms with Crippen LogP contribution in [-0.2, 0) is 0 Å². The highest BCUT2D eigenvalue weighted by Gasteiger charge is 2.21. The average Bonchev–Trinajstić information content (AvgIpc) is 2.83. The van der Waals surface area contributed by atoms with Crippen molar-refractivity contribution in [3.05, 3.63) is 102 Å². The summed E-state index contributed by atoms with van der Waals surface area (Å²) in [7, 11) is 0. The minimum Gasteiger partial charge on any atom is -0.494 e. The zero-order valence-electron chi connectivity index (χ0n) is 18.1. The van der Waals surface area contributed by atoms with Gasteiger partial charge in [-0.15, -0.1) is 0 Å². The molecule has 162 valence electrons. The van der Waals surface area contributed by atoms with Crippen molar-refractivity contribution < 1.29 is 9.13 Å². The largest absolute Gasteiger partial charge is 0.494 e. The lowest BCUT2D eigenvalue weighted by Gasteiger charge is -2.33. The standard InChI is InChI=1S/C28H32FNO/c29-26-11-13-27(14-12-26)31-22-18-23-15-19-30(20-16-23)21-17-28(24-7-3-1-4-8-24)25-9-5-2-6-10-25/h1-14,23,28H,15-22H2. The van der Waals surface area contributed by atoms with Crippen LogP contribution in [0.25, 0.3) is 0 Å². The van der Waals surface area contributed by atoms with Crippen LogP contribution < -0.4 is 4.74 Å². The van der Waals surface area contributed by atoms with Crippen LogP contribution in [0.5, 0.6) is 5.75 Å². The predicted molar refractivity (Wildman–Crippen MR) is 125 cm³/mol. The van der Waals surface area contributed by atoms with E-state index in [2.05, 4.69) is 65.6 Å². The summed E-state index contributed by atoms with van der Waals surface area (Å²) < 4.78 is 18.8. The van der Waals surface area contributed by atoms with Gasteiger partial charge < -0.3 is 9.64 Å². The third kappa shape index (κ3) is 6.41. The van der Waals surface area contributed by atoms with E-state index in [4.69, 9.17) is 4.74 Å². The lowest BCUT2D eigenvalue weighted by molar-refractivity contribution is 0.160. The smallest absolute Gasteiger partial charge is 0.123 e. The molecule has 0 saturated carbocycles. The van der Waals surface area contributed by atoms with E-state index in [9.17, 15) is 4.39 Å². The van der Waals surface area contributed by atoms with Crippen LogP contribution >= 0.6 is 0 Å². The van der Waals surface area contributed by atoms with E-state index in [1.807, 2.05) is 0 Å². The molecular formula is C28H32FNO. The Kier molecular flexibility index (Phi) is 7.73. The monoisotopic (exact) mass is 417 g/mol. The Morgan fingerprint density at radius 2 is 1.39 bits per heavy atom. The van der Waals surface area contributed by atoms with Gasteiger partial charge in [-0.2, -0.15) is 0 Å². The average molecular weight is 418 g/mol. The fourth-order valence-electron chi connectivity index (χ4n) is 4.58. The number of nitrogens with zero attached hydrogens (tertiary/aromatic N) is 1. The van der Waals surface area contributed by atoms with Gasteiger partial charge in [-0.25, -0.2) is 4.39 Å². The summed E-state index contributed by atoms with van der Waals surface area (Å²) >= 11 is 0. The van der Waals surface area contributed by atoms with Gasteiger partial charge in [0.1, 0.15) is 11.6 Å². The molecule has 0 unspecified atom stereocenters.